The maximum atomic E-state index is 2.62. The summed E-state index contributed by atoms with van der Waals surface area (Å²) in [6.07, 6.45) is 2.79. The van der Waals surface area contributed by atoms with Crippen LogP contribution in [0.1, 0.15) is 33.6 Å². The molecule has 0 bridgehead atoms. The molecule has 2 heteroatoms. The standard InChI is InChI=1S/C13H28N2/c1-12(2)11-14(4)9-10-15-7-5-13(3)6-8-15/h12-13H,5-11H2,1-4H3. The molecule has 0 saturated carbocycles. The molecule has 0 N–H and O–H groups in total. The van der Waals surface area contributed by atoms with Gasteiger partial charge in [0.2, 0.25) is 0 Å². The van der Waals surface area contributed by atoms with Crippen molar-refractivity contribution in [2.24, 2.45) is 11.8 Å². The molecule has 1 saturated heterocycles. The van der Waals surface area contributed by atoms with E-state index in [1.165, 1.54) is 45.6 Å². The van der Waals surface area contributed by atoms with Gasteiger partial charge in [-0.05, 0) is 44.8 Å². The minimum atomic E-state index is 0.788. The zero-order valence-corrected chi connectivity index (χ0v) is 11.0. The van der Waals surface area contributed by atoms with Crippen LogP contribution in [-0.4, -0.2) is 49.6 Å². The molecule has 0 amide bonds. The summed E-state index contributed by atoms with van der Waals surface area (Å²) in [7, 11) is 2.24. The molecule has 1 heterocycles. The third-order valence-corrected chi connectivity index (χ3v) is 3.35. The van der Waals surface area contributed by atoms with Gasteiger partial charge in [0, 0.05) is 19.6 Å². The molecule has 2 nitrogen and oxygen atoms in total. The second kappa shape index (κ2) is 6.49. The predicted molar refractivity (Wildman–Crippen MR) is 67.2 cm³/mol. The van der Waals surface area contributed by atoms with Gasteiger partial charge in [-0.25, -0.2) is 0 Å². The minimum Gasteiger partial charge on any atom is -0.305 e. The van der Waals surface area contributed by atoms with Crippen molar-refractivity contribution in [2.45, 2.75) is 33.6 Å². The summed E-state index contributed by atoms with van der Waals surface area (Å²) >= 11 is 0. The van der Waals surface area contributed by atoms with Gasteiger partial charge in [0.25, 0.3) is 0 Å². The average Bonchev–Trinajstić information content (AvgIpc) is 2.16. The second-order valence-electron chi connectivity index (χ2n) is 5.68. The van der Waals surface area contributed by atoms with E-state index in [2.05, 4.69) is 37.6 Å². The first-order chi connectivity index (χ1) is 7.08. The minimum absolute atomic E-state index is 0.788. The highest BCUT2D eigenvalue weighted by molar-refractivity contribution is 4.70. The highest BCUT2D eigenvalue weighted by Crippen LogP contribution is 2.15. The molecule has 1 aliphatic rings. The summed E-state index contributed by atoms with van der Waals surface area (Å²) in [5, 5.41) is 0. The van der Waals surface area contributed by atoms with E-state index in [9.17, 15) is 0 Å². The number of likely N-dealkylation sites (N-methyl/N-ethyl adjacent to an activating group) is 1. The van der Waals surface area contributed by atoms with E-state index >= 15 is 0 Å². The van der Waals surface area contributed by atoms with Crippen molar-refractivity contribution in [1.82, 2.24) is 9.80 Å². The van der Waals surface area contributed by atoms with E-state index in [1.54, 1.807) is 0 Å². The van der Waals surface area contributed by atoms with E-state index < -0.39 is 0 Å². The quantitative estimate of drug-likeness (QED) is 0.690. The summed E-state index contributed by atoms with van der Waals surface area (Å²) < 4.78 is 0. The SMILES string of the molecule is CC(C)CN(C)CCN1CCC(C)CC1. The first-order valence-corrected chi connectivity index (χ1v) is 6.49. The smallest absolute Gasteiger partial charge is 0.0109 e. The molecule has 0 atom stereocenters. The van der Waals surface area contributed by atoms with Crippen molar-refractivity contribution >= 4 is 0 Å². The Kier molecular flexibility index (Phi) is 5.62. The molecule has 0 radical (unpaired) electrons. The Morgan fingerprint density at radius 3 is 2.40 bits per heavy atom. The van der Waals surface area contributed by atoms with Crippen molar-refractivity contribution in [1.29, 1.82) is 0 Å². The normalized spacial score (nSPS) is 20.4. The number of hydrogen-bond donors (Lipinski definition) is 0. The largest absolute Gasteiger partial charge is 0.305 e. The Hall–Kier alpha value is -0.0800. The molecule has 15 heavy (non-hydrogen) atoms. The molecule has 0 aromatic rings. The Morgan fingerprint density at radius 1 is 1.27 bits per heavy atom. The highest BCUT2D eigenvalue weighted by Gasteiger charge is 2.15. The second-order valence-corrected chi connectivity index (χ2v) is 5.68. The van der Waals surface area contributed by atoms with E-state index in [-0.39, 0.29) is 0 Å². The molecule has 1 fully saturated rings. The van der Waals surface area contributed by atoms with Crippen LogP contribution in [0.4, 0.5) is 0 Å². The van der Waals surface area contributed by atoms with Gasteiger partial charge in [0.1, 0.15) is 0 Å². The van der Waals surface area contributed by atoms with Crippen LogP contribution in [0.15, 0.2) is 0 Å². The fourth-order valence-corrected chi connectivity index (χ4v) is 2.31. The van der Waals surface area contributed by atoms with Crippen LogP contribution in [0.25, 0.3) is 0 Å². The number of rotatable bonds is 5. The molecule has 0 aromatic heterocycles. The monoisotopic (exact) mass is 212 g/mol. The summed E-state index contributed by atoms with van der Waals surface area (Å²) in [5.41, 5.74) is 0. The topological polar surface area (TPSA) is 6.48 Å². The molecule has 90 valence electrons. The van der Waals surface area contributed by atoms with Crippen LogP contribution >= 0.6 is 0 Å². The molecule has 0 aromatic carbocycles. The fraction of sp³-hybridized carbons (Fsp3) is 1.00. The number of hydrogen-bond acceptors (Lipinski definition) is 2. The van der Waals surface area contributed by atoms with Crippen molar-refractivity contribution in [3.05, 3.63) is 0 Å². The van der Waals surface area contributed by atoms with Gasteiger partial charge < -0.3 is 9.80 Å². The van der Waals surface area contributed by atoms with Crippen LogP contribution in [-0.2, 0) is 0 Å². The Balaban J connectivity index is 2.09. The van der Waals surface area contributed by atoms with Crippen LogP contribution in [0, 0.1) is 11.8 Å². The van der Waals surface area contributed by atoms with Gasteiger partial charge in [-0.3, -0.25) is 0 Å². The summed E-state index contributed by atoms with van der Waals surface area (Å²) in [4.78, 5) is 5.08. The lowest BCUT2D eigenvalue weighted by Gasteiger charge is -2.31. The first kappa shape index (κ1) is 13.0. The number of nitrogens with zero attached hydrogens (tertiary/aromatic N) is 2. The van der Waals surface area contributed by atoms with Gasteiger partial charge in [0.05, 0.1) is 0 Å². The van der Waals surface area contributed by atoms with Crippen molar-refractivity contribution < 1.29 is 0 Å². The maximum absolute atomic E-state index is 2.62. The average molecular weight is 212 g/mol. The molecule has 1 rings (SSSR count). The third-order valence-electron chi connectivity index (χ3n) is 3.35. The van der Waals surface area contributed by atoms with Crippen molar-refractivity contribution in [3.63, 3.8) is 0 Å². The molecule has 0 unspecified atom stereocenters. The predicted octanol–water partition coefficient (Wildman–Crippen LogP) is 2.31. The van der Waals surface area contributed by atoms with Gasteiger partial charge in [0.15, 0.2) is 0 Å². The van der Waals surface area contributed by atoms with E-state index in [4.69, 9.17) is 0 Å². The van der Waals surface area contributed by atoms with E-state index in [1.807, 2.05) is 0 Å². The van der Waals surface area contributed by atoms with Crippen molar-refractivity contribution in [3.8, 4) is 0 Å². The maximum Gasteiger partial charge on any atom is 0.0109 e. The lowest BCUT2D eigenvalue weighted by Crippen LogP contribution is -2.39. The molecule has 0 aliphatic carbocycles. The molecular weight excluding hydrogens is 184 g/mol. The Bertz CT molecular complexity index is 160. The van der Waals surface area contributed by atoms with Crippen LogP contribution in [0.5, 0.6) is 0 Å². The van der Waals surface area contributed by atoms with Crippen molar-refractivity contribution in [2.75, 3.05) is 39.8 Å². The van der Waals surface area contributed by atoms with Gasteiger partial charge in [-0.1, -0.05) is 20.8 Å². The van der Waals surface area contributed by atoms with Gasteiger partial charge >= 0.3 is 0 Å². The van der Waals surface area contributed by atoms with Gasteiger partial charge in [-0.2, -0.15) is 0 Å². The molecular formula is C13H28N2. The summed E-state index contributed by atoms with van der Waals surface area (Å²) in [5.74, 6) is 1.74. The number of likely N-dealkylation sites (tertiary alicyclic amines) is 1. The zero-order chi connectivity index (χ0) is 11.3. The lowest BCUT2D eigenvalue weighted by molar-refractivity contribution is 0.166. The van der Waals surface area contributed by atoms with E-state index in [0.29, 0.717) is 0 Å². The van der Waals surface area contributed by atoms with Crippen LogP contribution in [0.3, 0.4) is 0 Å². The van der Waals surface area contributed by atoms with Gasteiger partial charge in [-0.15, -0.1) is 0 Å². The third kappa shape index (κ3) is 5.53. The summed E-state index contributed by atoms with van der Waals surface area (Å²) in [6.45, 7) is 13.3. The zero-order valence-electron chi connectivity index (χ0n) is 11.0. The first-order valence-electron chi connectivity index (χ1n) is 6.49. The fourth-order valence-electron chi connectivity index (χ4n) is 2.31. The molecule has 0 spiro atoms. The number of piperidine rings is 1. The molecule has 1 aliphatic heterocycles. The highest BCUT2D eigenvalue weighted by atomic mass is 15.2. The Labute approximate surface area is 95.6 Å². The Morgan fingerprint density at radius 2 is 1.87 bits per heavy atom. The van der Waals surface area contributed by atoms with Crippen LogP contribution < -0.4 is 0 Å². The van der Waals surface area contributed by atoms with Crippen LogP contribution in [0.2, 0.25) is 0 Å². The van der Waals surface area contributed by atoms with E-state index in [0.717, 1.165) is 11.8 Å². The lowest BCUT2D eigenvalue weighted by atomic mass is 9.99. The summed E-state index contributed by atoms with van der Waals surface area (Å²) in [6, 6.07) is 0.